The van der Waals surface area contributed by atoms with Gasteiger partial charge in [-0.25, -0.2) is 0 Å². The van der Waals surface area contributed by atoms with Crippen LogP contribution >= 0.6 is 0 Å². The fourth-order valence-electron chi connectivity index (χ4n) is 1.40. The lowest BCUT2D eigenvalue weighted by atomic mass is 10.1. The summed E-state index contributed by atoms with van der Waals surface area (Å²) in [5, 5.41) is 1.23. The largest absolute Gasteiger partial charge is 0.351 e. The maximum atomic E-state index is 11.3. The minimum Gasteiger partial charge on any atom is -0.351 e. The van der Waals surface area contributed by atoms with Gasteiger partial charge in [0.25, 0.3) is 10.1 Å². The first-order chi connectivity index (χ1) is 8.32. The van der Waals surface area contributed by atoms with Crippen molar-refractivity contribution in [3.63, 3.8) is 0 Å². The maximum absolute atomic E-state index is 11.3. The molecule has 1 aromatic rings. The van der Waals surface area contributed by atoms with E-state index in [4.69, 9.17) is 0 Å². The van der Waals surface area contributed by atoms with Gasteiger partial charge >= 0.3 is 0 Å². The molecule has 98 valence electrons. The van der Waals surface area contributed by atoms with Crippen molar-refractivity contribution < 1.29 is 17.8 Å². The average molecular weight is 269 g/mol. The number of carbonyl (C=O) groups excluding carboxylic acids is 1. The molecule has 1 amide bonds. The number of nitrogens with one attached hydrogen (secondary N) is 1. The predicted molar refractivity (Wildman–Crippen MR) is 68.6 cm³/mol. The summed E-state index contributed by atoms with van der Waals surface area (Å²) in [6.45, 7) is 4.76. The van der Waals surface area contributed by atoms with Crippen molar-refractivity contribution in [2.45, 2.75) is 12.2 Å². The van der Waals surface area contributed by atoms with Gasteiger partial charge in [-0.3, -0.25) is 9.35 Å². The van der Waals surface area contributed by atoms with Crippen LogP contribution in [0.2, 0.25) is 0 Å². The first kappa shape index (κ1) is 14.4. The predicted octanol–water partition coefficient (Wildman–Crippen LogP) is 1.31. The molecule has 1 aromatic carbocycles. The van der Waals surface area contributed by atoms with Crippen molar-refractivity contribution in [3.05, 3.63) is 48.0 Å². The molecule has 0 bridgehead atoms. The molecule has 0 aromatic heterocycles. The first-order valence-electron chi connectivity index (χ1n) is 5.27. The lowest BCUT2D eigenvalue weighted by molar-refractivity contribution is -0.117. The van der Waals surface area contributed by atoms with E-state index in [9.17, 15) is 17.8 Å². The Balaban J connectivity index is 2.89. The summed E-state index contributed by atoms with van der Waals surface area (Å²) >= 11 is 0. The highest BCUT2D eigenvalue weighted by atomic mass is 32.2. The van der Waals surface area contributed by atoms with Crippen LogP contribution in [0.3, 0.4) is 0 Å². The second kappa shape index (κ2) is 5.79. The smallest absolute Gasteiger partial charge is 0.273 e. The van der Waals surface area contributed by atoms with E-state index in [1.165, 1.54) is 6.92 Å². The Morgan fingerprint density at radius 2 is 1.94 bits per heavy atom. The molecule has 5 nitrogen and oxygen atoms in total. The Kier molecular flexibility index (Phi) is 4.63. The van der Waals surface area contributed by atoms with Crippen molar-refractivity contribution in [1.29, 1.82) is 0 Å². The van der Waals surface area contributed by atoms with Crippen molar-refractivity contribution in [3.8, 4) is 0 Å². The van der Waals surface area contributed by atoms with E-state index < -0.39 is 21.3 Å². The lowest BCUT2D eigenvalue weighted by Gasteiger charge is -2.15. The van der Waals surface area contributed by atoms with E-state index in [1.54, 1.807) is 30.3 Å². The fourth-order valence-corrected chi connectivity index (χ4v) is 2.19. The molecule has 0 saturated heterocycles. The normalized spacial score (nSPS) is 12.8. The molecule has 0 aliphatic rings. The molecule has 0 fully saturated rings. The third-order valence-electron chi connectivity index (χ3n) is 2.37. The molecule has 6 heteroatoms. The third kappa shape index (κ3) is 3.97. The molecule has 1 rings (SSSR count). The highest BCUT2D eigenvalue weighted by Crippen LogP contribution is 2.20. The number of hydrogen-bond acceptors (Lipinski definition) is 3. The summed E-state index contributed by atoms with van der Waals surface area (Å²) in [6.07, 6.45) is 0. The second-order valence-corrected chi connectivity index (χ2v) is 5.50. The van der Waals surface area contributed by atoms with E-state index >= 15 is 0 Å². The summed E-state index contributed by atoms with van der Waals surface area (Å²) in [4.78, 5) is 11.3. The van der Waals surface area contributed by atoms with E-state index in [0.717, 1.165) is 0 Å². The summed E-state index contributed by atoms with van der Waals surface area (Å²) in [5.41, 5.74) is 0.694. The number of benzene rings is 1. The SMILES string of the molecule is C=C(C)C(=O)NCC(c1ccccc1)S(=O)(=O)O. The summed E-state index contributed by atoms with van der Waals surface area (Å²) in [5.74, 6) is -0.445. The molecule has 0 radical (unpaired) electrons. The zero-order valence-electron chi connectivity index (χ0n) is 9.96. The van der Waals surface area contributed by atoms with Crippen LogP contribution in [0.4, 0.5) is 0 Å². The summed E-state index contributed by atoms with van der Waals surface area (Å²) in [6, 6.07) is 8.20. The zero-order valence-corrected chi connectivity index (χ0v) is 10.8. The van der Waals surface area contributed by atoms with Crippen molar-refractivity contribution in [2.75, 3.05) is 6.54 Å². The fraction of sp³-hybridized carbons (Fsp3) is 0.250. The summed E-state index contributed by atoms with van der Waals surface area (Å²) < 4.78 is 31.8. The van der Waals surface area contributed by atoms with Gasteiger partial charge in [-0.2, -0.15) is 8.42 Å². The lowest BCUT2D eigenvalue weighted by Crippen LogP contribution is -2.31. The van der Waals surface area contributed by atoms with Crippen LogP contribution in [0.5, 0.6) is 0 Å². The van der Waals surface area contributed by atoms with Crippen LogP contribution in [0.25, 0.3) is 0 Å². The highest BCUT2D eigenvalue weighted by molar-refractivity contribution is 7.86. The molecule has 2 N–H and O–H groups in total. The molecule has 0 aliphatic carbocycles. The average Bonchev–Trinajstić information content (AvgIpc) is 2.28. The summed E-state index contributed by atoms with van der Waals surface area (Å²) in [7, 11) is -4.28. The van der Waals surface area contributed by atoms with Gasteiger partial charge in [0.1, 0.15) is 5.25 Å². The van der Waals surface area contributed by atoms with E-state index in [1.807, 2.05) is 0 Å². The number of carbonyl (C=O) groups is 1. The Morgan fingerprint density at radius 3 is 2.39 bits per heavy atom. The van der Waals surface area contributed by atoms with Crippen LogP contribution in [-0.2, 0) is 14.9 Å². The third-order valence-corrected chi connectivity index (χ3v) is 3.52. The molecular formula is C12H15NO4S. The van der Waals surface area contributed by atoms with Gasteiger partial charge in [0.15, 0.2) is 0 Å². The number of hydrogen-bond donors (Lipinski definition) is 2. The Labute approximate surface area is 106 Å². The van der Waals surface area contributed by atoms with E-state index in [2.05, 4.69) is 11.9 Å². The molecular weight excluding hydrogens is 254 g/mol. The number of rotatable bonds is 5. The maximum Gasteiger partial charge on any atom is 0.273 e. The minimum absolute atomic E-state index is 0.200. The van der Waals surface area contributed by atoms with E-state index in [0.29, 0.717) is 5.56 Å². The Hall–Kier alpha value is -1.66. The van der Waals surface area contributed by atoms with Crippen LogP contribution in [0.1, 0.15) is 17.7 Å². The molecule has 1 atom stereocenters. The van der Waals surface area contributed by atoms with Gasteiger partial charge in [0, 0.05) is 12.1 Å². The van der Waals surface area contributed by atoms with Crippen LogP contribution < -0.4 is 5.32 Å². The van der Waals surface area contributed by atoms with Crippen LogP contribution in [0, 0.1) is 0 Å². The second-order valence-electron chi connectivity index (χ2n) is 3.90. The van der Waals surface area contributed by atoms with Gasteiger partial charge in [0.2, 0.25) is 5.91 Å². The molecule has 18 heavy (non-hydrogen) atoms. The van der Waals surface area contributed by atoms with Crippen molar-refractivity contribution in [2.24, 2.45) is 0 Å². The molecule has 0 spiro atoms. The quantitative estimate of drug-likeness (QED) is 0.623. The van der Waals surface area contributed by atoms with Gasteiger partial charge in [-0.05, 0) is 12.5 Å². The molecule has 1 unspecified atom stereocenters. The van der Waals surface area contributed by atoms with Gasteiger partial charge in [0.05, 0.1) is 0 Å². The number of amides is 1. The standard InChI is InChI=1S/C12H15NO4S/c1-9(2)12(14)13-8-11(18(15,16)17)10-6-4-3-5-7-10/h3-7,11H,1,8H2,2H3,(H,13,14)(H,15,16,17). The van der Waals surface area contributed by atoms with Crippen LogP contribution in [-0.4, -0.2) is 25.4 Å². The molecule has 0 heterocycles. The van der Waals surface area contributed by atoms with Crippen molar-refractivity contribution >= 4 is 16.0 Å². The Morgan fingerprint density at radius 1 is 1.39 bits per heavy atom. The monoisotopic (exact) mass is 269 g/mol. The van der Waals surface area contributed by atoms with E-state index in [-0.39, 0.29) is 12.1 Å². The molecule has 0 saturated carbocycles. The zero-order chi connectivity index (χ0) is 13.8. The Bertz CT molecular complexity index is 536. The minimum atomic E-state index is -4.28. The highest BCUT2D eigenvalue weighted by Gasteiger charge is 2.25. The van der Waals surface area contributed by atoms with Crippen LogP contribution in [0.15, 0.2) is 42.5 Å². The van der Waals surface area contributed by atoms with Gasteiger partial charge in [-0.15, -0.1) is 0 Å². The van der Waals surface area contributed by atoms with Gasteiger partial charge < -0.3 is 5.32 Å². The van der Waals surface area contributed by atoms with Crippen molar-refractivity contribution in [1.82, 2.24) is 5.32 Å². The molecule has 0 aliphatic heterocycles. The van der Waals surface area contributed by atoms with Gasteiger partial charge in [-0.1, -0.05) is 36.9 Å². The topological polar surface area (TPSA) is 83.5 Å². The first-order valence-corrected chi connectivity index (χ1v) is 6.77.